The average Bonchev–Trinajstić information content (AvgIpc) is 3.09. The third-order valence-corrected chi connectivity index (χ3v) is 6.98. The van der Waals surface area contributed by atoms with Crippen LogP contribution in [0.2, 0.25) is 5.02 Å². The van der Waals surface area contributed by atoms with E-state index in [-0.39, 0.29) is 11.5 Å². The molecule has 2 heterocycles. The summed E-state index contributed by atoms with van der Waals surface area (Å²) in [5, 5.41) is 8.65. The minimum atomic E-state index is -3.56. The van der Waals surface area contributed by atoms with Crippen LogP contribution in [0.4, 0.5) is 0 Å². The zero-order chi connectivity index (χ0) is 19.7. The topological polar surface area (TPSA) is 77.3 Å². The number of piperidine rings is 1. The van der Waals surface area contributed by atoms with E-state index in [2.05, 4.69) is 17.2 Å². The first kappa shape index (κ1) is 19.2. The van der Waals surface area contributed by atoms with Crippen LogP contribution in [-0.2, 0) is 16.6 Å². The molecule has 0 unspecified atom stereocenters. The molecule has 1 aromatic heterocycles. The summed E-state index contributed by atoms with van der Waals surface area (Å²) in [6.07, 6.45) is 1.93. The minimum Gasteiger partial charge on any atom is -0.390 e. The SMILES string of the molecule is C[C@H]1CCCN(S(=O)(=O)c2ccc3nnn(OCc4cccc(Cl)c4)c3c2)C1. The molecule has 4 rings (SSSR count). The molecule has 0 aliphatic carbocycles. The molecule has 7 nitrogen and oxygen atoms in total. The normalized spacial score (nSPS) is 18.4. The van der Waals surface area contributed by atoms with Crippen molar-refractivity contribution < 1.29 is 13.3 Å². The molecule has 28 heavy (non-hydrogen) atoms. The Morgan fingerprint density at radius 2 is 2.11 bits per heavy atom. The van der Waals surface area contributed by atoms with Crippen LogP contribution in [-0.4, -0.2) is 41.0 Å². The van der Waals surface area contributed by atoms with E-state index in [0.717, 1.165) is 18.4 Å². The van der Waals surface area contributed by atoms with E-state index in [1.807, 2.05) is 12.1 Å². The van der Waals surface area contributed by atoms with Gasteiger partial charge in [-0.15, -0.1) is 5.10 Å². The molecule has 3 aromatic rings. The highest BCUT2D eigenvalue weighted by molar-refractivity contribution is 7.89. The van der Waals surface area contributed by atoms with E-state index in [4.69, 9.17) is 16.4 Å². The zero-order valence-electron chi connectivity index (χ0n) is 15.5. The number of hydrogen-bond donors (Lipinski definition) is 0. The smallest absolute Gasteiger partial charge is 0.243 e. The maximum absolute atomic E-state index is 13.0. The van der Waals surface area contributed by atoms with E-state index < -0.39 is 10.0 Å². The van der Waals surface area contributed by atoms with Crippen molar-refractivity contribution in [3.05, 3.63) is 53.1 Å². The Bertz CT molecular complexity index is 1100. The standard InChI is InChI=1S/C19H21ClN4O3S/c1-14-4-3-9-23(12-14)28(25,26)17-7-8-18-19(11-17)24(22-21-18)27-13-15-5-2-6-16(20)10-15/h2,5-8,10-11,14H,3-4,9,12-13H2,1H3/t14-/m0/s1. The summed E-state index contributed by atoms with van der Waals surface area (Å²) in [4.78, 5) is 7.19. The van der Waals surface area contributed by atoms with E-state index in [0.29, 0.717) is 35.1 Å². The lowest BCUT2D eigenvalue weighted by Crippen LogP contribution is -2.39. The lowest BCUT2D eigenvalue weighted by molar-refractivity contribution is 0.0751. The first-order valence-electron chi connectivity index (χ1n) is 9.17. The second kappa shape index (κ2) is 7.69. The minimum absolute atomic E-state index is 0.226. The van der Waals surface area contributed by atoms with Crippen molar-refractivity contribution in [2.24, 2.45) is 5.92 Å². The molecule has 0 spiro atoms. The molecule has 1 saturated heterocycles. The van der Waals surface area contributed by atoms with Gasteiger partial charge in [0.05, 0.1) is 4.90 Å². The highest BCUT2D eigenvalue weighted by Crippen LogP contribution is 2.25. The lowest BCUT2D eigenvalue weighted by atomic mass is 10.0. The second-order valence-electron chi connectivity index (χ2n) is 7.13. The van der Waals surface area contributed by atoms with Gasteiger partial charge in [-0.05, 0) is 59.9 Å². The van der Waals surface area contributed by atoms with E-state index >= 15 is 0 Å². The summed E-state index contributed by atoms with van der Waals surface area (Å²) in [6, 6.07) is 12.1. The van der Waals surface area contributed by atoms with Gasteiger partial charge in [-0.2, -0.15) is 4.31 Å². The van der Waals surface area contributed by atoms with Crippen LogP contribution in [0.3, 0.4) is 0 Å². The molecule has 0 N–H and O–H groups in total. The van der Waals surface area contributed by atoms with Gasteiger partial charge in [-0.25, -0.2) is 8.42 Å². The summed E-state index contributed by atoms with van der Waals surface area (Å²) >= 11 is 5.99. The fourth-order valence-electron chi connectivity index (χ4n) is 3.41. The van der Waals surface area contributed by atoms with Gasteiger partial charge in [0.1, 0.15) is 17.6 Å². The summed E-state index contributed by atoms with van der Waals surface area (Å²) in [5.41, 5.74) is 1.95. The molecule has 1 aliphatic heterocycles. The maximum Gasteiger partial charge on any atom is 0.243 e. The quantitative estimate of drug-likeness (QED) is 0.633. The Kier molecular flexibility index (Phi) is 5.27. The van der Waals surface area contributed by atoms with Gasteiger partial charge in [0, 0.05) is 18.1 Å². The highest BCUT2D eigenvalue weighted by Gasteiger charge is 2.29. The molecule has 2 aromatic carbocycles. The molecule has 0 amide bonds. The van der Waals surface area contributed by atoms with Crippen molar-refractivity contribution >= 4 is 32.7 Å². The van der Waals surface area contributed by atoms with Crippen LogP contribution in [0.15, 0.2) is 47.4 Å². The van der Waals surface area contributed by atoms with E-state index in [1.54, 1.807) is 34.6 Å². The van der Waals surface area contributed by atoms with Crippen molar-refractivity contribution in [2.75, 3.05) is 13.1 Å². The van der Waals surface area contributed by atoms with Gasteiger partial charge < -0.3 is 4.84 Å². The monoisotopic (exact) mass is 420 g/mol. The first-order chi connectivity index (χ1) is 13.4. The molecule has 0 saturated carbocycles. The fourth-order valence-corrected chi connectivity index (χ4v) is 5.24. The largest absolute Gasteiger partial charge is 0.390 e. The molecule has 1 atom stereocenters. The van der Waals surface area contributed by atoms with Crippen molar-refractivity contribution in [1.29, 1.82) is 0 Å². The highest BCUT2D eigenvalue weighted by atomic mass is 35.5. The van der Waals surface area contributed by atoms with Crippen LogP contribution in [0.1, 0.15) is 25.3 Å². The summed E-state index contributed by atoms with van der Waals surface area (Å²) in [7, 11) is -3.56. The summed E-state index contributed by atoms with van der Waals surface area (Å²) in [6.45, 7) is 3.41. The number of rotatable bonds is 5. The molecule has 1 aliphatic rings. The molecule has 1 fully saturated rings. The fraction of sp³-hybridized carbons (Fsp3) is 0.368. The summed E-state index contributed by atoms with van der Waals surface area (Å²) in [5.74, 6) is 0.362. The van der Waals surface area contributed by atoms with Gasteiger partial charge in [-0.1, -0.05) is 35.5 Å². The average molecular weight is 421 g/mol. The van der Waals surface area contributed by atoms with E-state index in [1.165, 1.54) is 4.85 Å². The molecular formula is C19H21ClN4O3S. The van der Waals surface area contributed by atoms with Crippen LogP contribution >= 0.6 is 11.6 Å². The van der Waals surface area contributed by atoms with Gasteiger partial charge in [-0.3, -0.25) is 0 Å². The molecule has 0 bridgehead atoms. The van der Waals surface area contributed by atoms with Gasteiger partial charge in [0.25, 0.3) is 0 Å². The summed E-state index contributed by atoms with van der Waals surface area (Å²) < 4.78 is 27.7. The first-order valence-corrected chi connectivity index (χ1v) is 11.0. The maximum atomic E-state index is 13.0. The number of benzene rings is 2. The van der Waals surface area contributed by atoms with Crippen LogP contribution in [0.5, 0.6) is 0 Å². The molecule has 148 valence electrons. The third-order valence-electron chi connectivity index (χ3n) is 4.89. The number of hydrogen-bond acceptors (Lipinski definition) is 5. The van der Waals surface area contributed by atoms with Gasteiger partial charge in [0.2, 0.25) is 10.0 Å². The predicted molar refractivity (Wildman–Crippen MR) is 106 cm³/mol. The Labute approximate surface area is 168 Å². The van der Waals surface area contributed by atoms with E-state index in [9.17, 15) is 8.42 Å². The Hall–Kier alpha value is -2.16. The number of nitrogens with zero attached hydrogens (tertiary/aromatic N) is 4. The number of sulfonamides is 1. The van der Waals surface area contributed by atoms with Crippen molar-refractivity contribution in [3.8, 4) is 0 Å². The van der Waals surface area contributed by atoms with Crippen LogP contribution in [0.25, 0.3) is 11.0 Å². The van der Waals surface area contributed by atoms with Gasteiger partial charge >= 0.3 is 0 Å². The lowest BCUT2D eigenvalue weighted by Gasteiger charge is -2.30. The molecule has 9 heteroatoms. The number of aromatic nitrogens is 3. The number of halogens is 1. The predicted octanol–water partition coefficient (Wildman–Crippen LogP) is 3.13. The van der Waals surface area contributed by atoms with Crippen molar-refractivity contribution in [1.82, 2.24) is 19.5 Å². The van der Waals surface area contributed by atoms with Gasteiger partial charge in [0.15, 0.2) is 0 Å². The Balaban J connectivity index is 1.60. The van der Waals surface area contributed by atoms with Crippen molar-refractivity contribution in [2.45, 2.75) is 31.3 Å². The zero-order valence-corrected chi connectivity index (χ0v) is 17.0. The molecular weight excluding hydrogens is 400 g/mol. The second-order valence-corrected chi connectivity index (χ2v) is 9.50. The van der Waals surface area contributed by atoms with Crippen LogP contribution < -0.4 is 4.84 Å². The van der Waals surface area contributed by atoms with Crippen molar-refractivity contribution in [3.63, 3.8) is 0 Å². The van der Waals surface area contributed by atoms with Crippen LogP contribution in [0, 0.1) is 5.92 Å². The molecule has 0 radical (unpaired) electrons. The number of fused-ring (bicyclic) bond motifs is 1. The third kappa shape index (κ3) is 3.85. The Morgan fingerprint density at radius 1 is 1.25 bits per heavy atom. The Morgan fingerprint density at radius 3 is 2.89 bits per heavy atom.